The third-order valence-corrected chi connectivity index (χ3v) is 18.1. The van der Waals surface area contributed by atoms with Crippen molar-refractivity contribution in [2.45, 2.75) is 23.7 Å². The van der Waals surface area contributed by atoms with E-state index in [1.807, 2.05) is 34.0 Å². The second kappa shape index (κ2) is 12.1. The molecule has 290 valence electrons. The van der Waals surface area contributed by atoms with E-state index in [1.54, 1.807) is 0 Å². The van der Waals surface area contributed by atoms with Crippen molar-refractivity contribution < 1.29 is 0 Å². The summed E-state index contributed by atoms with van der Waals surface area (Å²) in [6.07, 6.45) is 2.24. The van der Waals surface area contributed by atoms with Crippen molar-refractivity contribution in [2.75, 3.05) is 4.90 Å². The lowest BCUT2D eigenvalue weighted by Crippen LogP contribution is -2.37. The largest absolute Gasteiger partial charge is 0.308 e. The summed E-state index contributed by atoms with van der Waals surface area (Å²) in [6, 6.07) is 67.3. The molecule has 0 fully saturated rings. The van der Waals surface area contributed by atoms with Gasteiger partial charge in [-0.3, -0.25) is 0 Å². The highest BCUT2D eigenvalue weighted by Gasteiger charge is 2.53. The van der Waals surface area contributed by atoms with E-state index in [0.29, 0.717) is 0 Å². The molecule has 0 saturated heterocycles. The van der Waals surface area contributed by atoms with E-state index in [4.69, 9.17) is 0 Å². The molecule has 8 aromatic carbocycles. The first-order valence-electron chi connectivity index (χ1n) is 21.6. The Labute approximate surface area is 371 Å². The fourth-order valence-corrected chi connectivity index (χ4v) is 16.0. The number of para-hydroxylation sites is 2. The molecule has 4 heteroatoms. The first kappa shape index (κ1) is 34.1. The van der Waals surface area contributed by atoms with Gasteiger partial charge < -0.3 is 4.90 Å². The molecule has 62 heavy (non-hydrogen) atoms. The molecular weight excluding hydrogens is 807 g/mol. The second-order valence-electron chi connectivity index (χ2n) is 17.3. The first-order valence-corrected chi connectivity index (χ1v) is 24.2. The van der Waals surface area contributed by atoms with Crippen molar-refractivity contribution in [1.82, 2.24) is 0 Å². The molecule has 15 rings (SSSR count). The number of fused-ring (bicyclic) bond motifs is 15. The fourth-order valence-electron chi connectivity index (χ4n) is 12.6. The van der Waals surface area contributed by atoms with Crippen molar-refractivity contribution in [3.8, 4) is 20.9 Å². The Morgan fingerprint density at radius 3 is 1.61 bits per heavy atom. The normalized spacial score (nSPS) is 15.5. The monoisotopic (exact) mass is 841 g/mol. The van der Waals surface area contributed by atoms with E-state index < -0.39 is 5.41 Å². The minimum atomic E-state index is -0.510. The molecule has 0 amide bonds. The number of benzene rings is 8. The Balaban J connectivity index is 1.05. The molecule has 1 spiro atoms. The highest BCUT2D eigenvalue weighted by Crippen LogP contribution is 2.66. The van der Waals surface area contributed by atoms with Crippen molar-refractivity contribution in [3.63, 3.8) is 0 Å². The van der Waals surface area contributed by atoms with E-state index in [1.165, 1.54) is 125 Å². The smallest absolute Gasteiger partial charge is 0.0743 e. The third kappa shape index (κ3) is 3.93. The maximum absolute atomic E-state index is 2.57. The van der Waals surface area contributed by atoms with Gasteiger partial charge in [0.25, 0.3) is 0 Å². The van der Waals surface area contributed by atoms with Crippen LogP contribution in [-0.4, -0.2) is 0 Å². The summed E-state index contributed by atoms with van der Waals surface area (Å²) in [5.74, 6) is 0. The predicted octanol–water partition coefficient (Wildman–Crippen LogP) is 15.9. The van der Waals surface area contributed by atoms with Crippen LogP contribution in [-0.2, 0) is 23.7 Å². The van der Waals surface area contributed by atoms with Crippen molar-refractivity contribution in [3.05, 3.63) is 242 Å². The molecule has 0 atom stereocenters. The van der Waals surface area contributed by atoms with Crippen LogP contribution >= 0.6 is 34.0 Å². The minimum absolute atomic E-state index is 0.358. The molecule has 4 aliphatic rings. The van der Waals surface area contributed by atoms with Gasteiger partial charge in [-0.05, 0) is 126 Å². The molecule has 0 radical (unpaired) electrons. The molecule has 0 unspecified atom stereocenters. The average Bonchev–Trinajstić information content (AvgIpc) is 4.18. The van der Waals surface area contributed by atoms with Crippen LogP contribution in [0.2, 0.25) is 0 Å². The average molecular weight is 842 g/mol. The summed E-state index contributed by atoms with van der Waals surface area (Å²) in [5, 5.41) is 10.3. The lowest BCUT2D eigenvalue weighted by atomic mass is 9.61. The molecule has 11 aromatic rings. The van der Waals surface area contributed by atoms with Gasteiger partial charge in [-0.25, -0.2) is 0 Å². The van der Waals surface area contributed by atoms with Gasteiger partial charge in [0.1, 0.15) is 0 Å². The summed E-state index contributed by atoms with van der Waals surface area (Å²) >= 11 is 5.81. The van der Waals surface area contributed by atoms with Crippen LogP contribution in [0.25, 0.3) is 51.8 Å². The van der Waals surface area contributed by atoms with Gasteiger partial charge in [0.15, 0.2) is 0 Å². The van der Waals surface area contributed by atoms with Crippen LogP contribution in [0.1, 0.15) is 55.6 Å². The van der Waals surface area contributed by atoms with Crippen LogP contribution in [0, 0.1) is 0 Å². The second-order valence-corrected chi connectivity index (χ2v) is 20.2. The Morgan fingerprint density at radius 2 is 0.952 bits per heavy atom. The van der Waals surface area contributed by atoms with E-state index in [-0.39, 0.29) is 5.41 Å². The summed E-state index contributed by atoms with van der Waals surface area (Å²) < 4.78 is 2.70. The Hall–Kier alpha value is -6.56. The lowest BCUT2D eigenvalue weighted by molar-refractivity contribution is 0.731. The van der Waals surface area contributed by atoms with Crippen LogP contribution in [0.15, 0.2) is 187 Å². The fraction of sp³-hybridized carbons (Fsp3) is 0.0690. The first-order chi connectivity index (χ1) is 30.8. The van der Waals surface area contributed by atoms with Gasteiger partial charge in [-0.1, -0.05) is 146 Å². The van der Waals surface area contributed by atoms with Gasteiger partial charge in [0.05, 0.1) is 32.6 Å². The Kier molecular flexibility index (Phi) is 6.64. The number of hydrogen-bond donors (Lipinski definition) is 0. The predicted molar refractivity (Wildman–Crippen MR) is 263 cm³/mol. The standard InChI is InChI=1S/C58H35NS3/c1-3-12-36(13-4-1)57(37-14-5-2-6-15-37)41-17-7-9-19-47(41)59(48-20-10-8-18-42(48)57)49-21-11-16-38-39-27-29-44-52(54(39)62-53(38)49)40-26-24-34-22-23-35-25-28-43(51(40)50(34)35)58(44)45-30-32-60-55(45)56-46(58)31-33-61-56/h1-21,24-33H,22-23H2. The SMILES string of the molecule is c1ccc(C2(c3ccccc3)c3ccccc3N(c3cccc4c3sc3c5c(ccc34)C3(c4ccsc4-c4sccc43)c3ccc4c6c(ccc-5c36)CC4)c3ccccc32)cc1. The zero-order chi connectivity index (χ0) is 40.3. The van der Waals surface area contributed by atoms with Gasteiger partial charge in [0, 0.05) is 30.8 Å². The zero-order valence-corrected chi connectivity index (χ0v) is 35.9. The van der Waals surface area contributed by atoms with Gasteiger partial charge in [-0.2, -0.15) is 0 Å². The van der Waals surface area contributed by atoms with E-state index in [9.17, 15) is 0 Å². The van der Waals surface area contributed by atoms with Gasteiger partial charge in [-0.15, -0.1) is 34.0 Å². The number of hydrogen-bond acceptors (Lipinski definition) is 4. The molecular formula is C58H35NS3. The van der Waals surface area contributed by atoms with Crippen LogP contribution in [0.5, 0.6) is 0 Å². The molecule has 1 nitrogen and oxygen atoms in total. The minimum Gasteiger partial charge on any atom is -0.308 e. The number of anilines is 3. The molecule has 3 aromatic heterocycles. The zero-order valence-electron chi connectivity index (χ0n) is 33.5. The number of nitrogens with zero attached hydrogens (tertiary/aromatic N) is 1. The maximum atomic E-state index is 2.57. The highest BCUT2D eigenvalue weighted by molar-refractivity contribution is 7.27. The lowest BCUT2D eigenvalue weighted by Gasteiger charge is -2.46. The van der Waals surface area contributed by atoms with Gasteiger partial charge in [0.2, 0.25) is 0 Å². The molecule has 0 N–H and O–H groups in total. The van der Waals surface area contributed by atoms with Crippen LogP contribution in [0.3, 0.4) is 0 Å². The molecule has 1 aliphatic heterocycles. The molecule has 4 heterocycles. The quantitative estimate of drug-likeness (QED) is 0.171. The molecule has 0 bridgehead atoms. The topological polar surface area (TPSA) is 3.24 Å². The van der Waals surface area contributed by atoms with E-state index in [2.05, 4.69) is 192 Å². The van der Waals surface area contributed by atoms with Crippen molar-refractivity contribution in [2.24, 2.45) is 0 Å². The summed E-state index contributed by atoms with van der Waals surface area (Å²) in [6.45, 7) is 0. The van der Waals surface area contributed by atoms with Crippen molar-refractivity contribution in [1.29, 1.82) is 0 Å². The maximum Gasteiger partial charge on any atom is 0.0743 e. The van der Waals surface area contributed by atoms with E-state index in [0.717, 1.165) is 12.8 Å². The van der Waals surface area contributed by atoms with Crippen molar-refractivity contribution >= 4 is 82.0 Å². The number of thiophene rings is 3. The summed E-state index contributed by atoms with van der Waals surface area (Å²) in [7, 11) is 0. The number of aryl methyl sites for hydroxylation is 2. The number of rotatable bonds is 3. The Morgan fingerprint density at radius 1 is 0.387 bits per heavy atom. The van der Waals surface area contributed by atoms with Crippen LogP contribution in [0.4, 0.5) is 17.1 Å². The van der Waals surface area contributed by atoms with E-state index >= 15 is 0 Å². The van der Waals surface area contributed by atoms with Gasteiger partial charge >= 0.3 is 0 Å². The Bertz CT molecular complexity index is 3580. The summed E-state index contributed by atoms with van der Waals surface area (Å²) in [5.41, 5.74) is 19.5. The third-order valence-electron chi connectivity index (χ3n) is 14.8. The highest BCUT2D eigenvalue weighted by atomic mass is 32.1. The molecule has 0 saturated carbocycles. The van der Waals surface area contributed by atoms with Crippen LogP contribution < -0.4 is 4.90 Å². The summed E-state index contributed by atoms with van der Waals surface area (Å²) in [4.78, 5) is 5.45. The molecule has 3 aliphatic carbocycles.